The van der Waals surface area contributed by atoms with Crippen molar-refractivity contribution in [1.82, 2.24) is 0 Å². The highest BCUT2D eigenvalue weighted by Crippen LogP contribution is 2.38. The van der Waals surface area contributed by atoms with Crippen LogP contribution in [0.5, 0.6) is 11.5 Å². The molecule has 0 radical (unpaired) electrons. The van der Waals surface area contributed by atoms with Crippen molar-refractivity contribution in [2.24, 2.45) is 0 Å². The van der Waals surface area contributed by atoms with Crippen molar-refractivity contribution >= 4 is 11.6 Å². The van der Waals surface area contributed by atoms with Crippen LogP contribution in [0.2, 0.25) is 0 Å². The Hall–Kier alpha value is -2.63. The van der Waals surface area contributed by atoms with Crippen molar-refractivity contribution in [1.29, 1.82) is 0 Å². The Kier molecular flexibility index (Phi) is 4.38. The summed E-state index contributed by atoms with van der Waals surface area (Å²) in [6.07, 6.45) is 0.832. The van der Waals surface area contributed by atoms with Crippen molar-refractivity contribution in [2.75, 3.05) is 11.9 Å². The molecule has 1 aliphatic heterocycles. The molecule has 0 aromatic heterocycles. The van der Waals surface area contributed by atoms with Crippen LogP contribution >= 0.6 is 0 Å². The quantitative estimate of drug-likeness (QED) is 0.922. The van der Waals surface area contributed by atoms with Crippen molar-refractivity contribution in [3.8, 4) is 11.5 Å². The second kappa shape index (κ2) is 6.47. The molecule has 1 heterocycles. The average molecular weight is 333 g/mol. The van der Waals surface area contributed by atoms with Crippen molar-refractivity contribution < 1.29 is 23.0 Å². The fourth-order valence-corrected chi connectivity index (χ4v) is 2.64. The minimum atomic E-state index is -1.07. The zero-order valence-electron chi connectivity index (χ0n) is 13.4. The van der Waals surface area contributed by atoms with E-state index in [0.29, 0.717) is 23.8 Å². The molecule has 6 heteroatoms. The highest BCUT2D eigenvalue weighted by Gasteiger charge is 2.23. The van der Waals surface area contributed by atoms with Gasteiger partial charge in [0.1, 0.15) is 17.6 Å². The Balaban J connectivity index is 1.89. The van der Waals surface area contributed by atoms with Crippen LogP contribution in [0.15, 0.2) is 30.3 Å². The largest absolute Gasteiger partial charge is 0.492 e. The molecule has 1 aliphatic rings. The predicted molar refractivity (Wildman–Crippen MR) is 85.7 cm³/mol. The second-order valence-corrected chi connectivity index (χ2v) is 5.60. The number of rotatable bonds is 4. The zero-order valence-corrected chi connectivity index (χ0v) is 13.4. The van der Waals surface area contributed by atoms with Gasteiger partial charge in [0.05, 0.1) is 12.3 Å². The number of carbonyl (C=O) groups excluding carboxylic acids is 1. The van der Waals surface area contributed by atoms with Gasteiger partial charge in [-0.15, -0.1) is 0 Å². The molecule has 0 fully saturated rings. The summed E-state index contributed by atoms with van der Waals surface area (Å²) in [4.78, 5) is 12.3. The molecule has 2 aromatic carbocycles. The van der Waals surface area contributed by atoms with Gasteiger partial charge in [0, 0.05) is 23.6 Å². The molecule has 0 bridgehead atoms. The molecule has 2 aromatic rings. The maximum atomic E-state index is 13.3. The first-order valence-corrected chi connectivity index (χ1v) is 7.70. The minimum absolute atomic E-state index is 0.0196. The summed E-state index contributed by atoms with van der Waals surface area (Å²) in [6.45, 7) is 4.23. The third-order valence-corrected chi connectivity index (χ3v) is 3.73. The summed E-state index contributed by atoms with van der Waals surface area (Å²) in [5.74, 6) is -1.42. The molecule has 0 saturated carbocycles. The third-order valence-electron chi connectivity index (χ3n) is 3.73. The number of nitrogens with one attached hydrogen (secondary N) is 1. The first-order valence-electron chi connectivity index (χ1n) is 7.70. The number of hydrogen-bond donors (Lipinski definition) is 1. The molecule has 126 valence electrons. The van der Waals surface area contributed by atoms with Crippen LogP contribution in [0.4, 0.5) is 14.5 Å². The molecule has 0 saturated heterocycles. The maximum Gasteiger partial charge on any atom is 0.255 e. The molecule has 0 spiro atoms. The Morgan fingerprint density at radius 3 is 2.79 bits per heavy atom. The van der Waals surface area contributed by atoms with Crippen LogP contribution < -0.4 is 14.8 Å². The number of ether oxygens (including phenoxy) is 2. The normalized spacial score (nSPS) is 15.6. The van der Waals surface area contributed by atoms with Gasteiger partial charge in [0.2, 0.25) is 0 Å². The SMILES string of the molecule is CCOc1cc2c(cc1NC(=O)c1ccc(F)c(F)c1)O[C@H](C)C2. The number of carbonyl (C=O) groups is 1. The second-order valence-electron chi connectivity index (χ2n) is 5.60. The topological polar surface area (TPSA) is 47.6 Å². The molecular formula is C18H17F2NO3. The van der Waals surface area contributed by atoms with E-state index in [1.165, 1.54) is 6.07 Å². The Bertz CT molecular complexity index is 792. The van der Waals surface area contributed by atoms with E-state index in [1.54, 1.807) is 6.07 Å². The van der Waals surface area contributed by atoms with Crippen LogP contribution in [0, 0.1) is 11.6 Å². The van der Waals surface area contributed by atoms with E-state index in [4.69, 9.17) is 9.47 Å². The smallest absolute Gasteiger partial charge is 0.255 e. The van der Waals surface area contributed by atoms with Gasteiger partial charge in [-0.25, -0.2) is 8.78 Å². The van der Waals surface area contributed by atoms with Gasteiger partial charge in [-0.1, -0.05) is 0 Å². The lowest BCUT2D eigenvalue weighted by Gasteiger charge is -2.13. The van der Waals surface area contributed by atoms with Crippen molar-refractivity contribution in [3.05, 3.63) is 53.1 Å². The van der Waals surface area contributed by atoms with Crippen molar-refractivity contribution in [3.63, 3.8) is 0 Å². The fraction of sp³-hybridized carbons (Fsp3) is 0.278. The van der Waals surface area contributed by atoms with E-state index in [0.717, 1.165) is 24.1 Å². The number of amides is 1. The number of anilines is 1. The van der Waals surface area contributed by atoms with Crippen LogP contribution in [0.1, 0.15) is 29.8 Å². The van der Waals surface area contributed by atoms with Gasteiger partial charge in [-0.3, -0.25) is 4.79 Å². The summed E-state index contributed by atoms with van der Waals surface area (Å²) in [7, 11) is 0. The molecular weight excluding hydrogens is 316 g/mol. The van der Waals surface area contributed by atoms with Crippen LogP contribution in [0.25, 0.3) is 0 Å². The van der Waals surface area contributed by atoms with Gasteiger partial charge in [-0.05, 0) is 38.1 Å². The lowest BCUT2D eigenvalue weighted by molar-refractivity contribution is 0.102. The predicted octanol–water partition coefficient (Wildman–Crippen LogP) is 3.94. The number of benzene rings is 2. The average Bonchev–Trinajstić information content (AvgIpc) is 2.89. The van der Waals surface area contributed by atoms with Gasteiger partial charge in [-0.2, -0.15) is 0 Å². The number of hydrogen-bond acceptors (Lipinski definition) is 3. The molecule has 24 heavy (non-hydrogen) atoms. The molecule has 0 aliphatic carbocycles. The number of halogens is 2. The van der Waals surface area contributed by atoms with Crippen LogP contribution in [0.3, 0.4) is 0 Å². The summed E-state index contributed by atoms with van der Waals surface area (Å²) in [6, 6.07) is 6.53. The van der Waals surface area contributed by atoms with E-state index >= 15 is 0 Å². The zero-order chi connectivity index (χ0) is 17.3. The standard InChI is InChI=1S/C18H17F2NO3/c1-3-23-17-8-12-6-10(2)24-16(12)9-15(17)21-18(22)11-4-5-13(19)14(20)7-11/h4-5,7-10H,3,6H2,1-2H3,(H,21,22)/t10-/m1/s1. The van der Waals surface area contributed by atoms with Crippen molar-refractivity contribution in [2.45, 2.75) is 26.4 Å². The summed E-state index contributed by atoms with van der Waals surface area (Å²) in [5, 5.41) is 2.67. The fourth-order valence-electron chi connectivity index (χ4n) is 2.64. The molecule has 1 amide bonds. The molecule has 3 rings (SSSR count). The Morgan fingerprint density at radius 1 is 1.29 bits per heavy atom. The van der Waals surface area contributed by atoms with E-state index in [-0.39, 0.29) is 11.7 Å². The summed E-state index contributed by atoms with van der Waals surface area (Å²) in [5.41, 5.74) is 1.46. The molecule has 4 nitrogen and oxygen atoms in total. The van der Waals surface area contributed by atoms with E-state index in [2.05, 4.69) is 5.32 Å². The van der Waals surface area contributed by atoms with E-state index in [9.17, 15) is 13.6 Å². The first kappa shape index (κ1) is 16.2. The molecule has 0 unspecified atom stereocenters. The number of fused-ring (bicyclic) bond motifs is 1. The lowest BCUT2D eigenvalue weighted by Crippen LogP contribution is -2.13. The van der Waals surface area contributed by atoms with Gasteiger partial charge < -0.3 is 14.8 Å². The molecule has 1 atom stereocenters. The monoisotopic (exact) mass is 333 g/mol. The van der Waals surface area contributed by atoms with E-state index in [1.807, 2.05) is 19.9 Å². The summed E-state index contributed by atoms with van der Waals surface area (Å²) < 4.78 is 37.6. The van der Waals surface area contributed by atoms with Gasteiger partial charge in [0.25, 0.3) is 5.91 Å². The highest BCUT2D eigenvalue weighted by molar-refractivity contribution is 6.05. The maximum absolute atomic E-state index is 13.3. The van der Waals surface area contributed by atoms with Crippen LogP contribution in [-0.2, 0) is 6.42 Å². The third kappa shape index (κ3) is 3.18. The Labute approximate surface area is 138 Å². The lowest BCUT2D eigenvalue weighted by atomic mass is 10.1. The Morgan fingerprint density at radius 2 is 2.08 bits per heavy atom. The highest BCUT2D eigenvalue weighted by atomic mass is 19.2. The van der Waals surface area contributed by atoms with Gasteiger partial charge in [0.15, 0.2) is 11.6 Å². The molecule has 1 N–H and O–H groups in total. The van der Waals surface area contributed by atoms with Gasteiger partial charge >= 0.3 is 0 Å². The first-order chi connectivity index (χ1) is 11.5. The van der Waals surface area contributed by atoms with Crippen LogP contribution in [-0.4, -0.2) is 18.6 Å². The summed E-state index contributed by atoms with van der Waals surface area (Å²) >= 11 is 0. The van der Waals surface area contributed by atoms with E-state index < -0.39 is 17.5 Å². The minimum Gasteiger partial charge on any atom is -0.492 e.